The Kier molecular flexibility index (Phi) is 5.94. The van der Waals surface area contributed by atoms with Gasteiger partial charge in [-0.15, -0.1) is 11.8 Å². The normalized spacial score (nSPS) is 14.4. The molecular weight excluding hydrogens is 370 g/mol. The number of thioether (sulfide) groups is 1. The number of anilines is 1. The van der Waals surface area contributed by atoms with Crippen LogP contribution in [0, 0.1) is 13.8 Å². The molecule has 2 aromatic rings. The number of rotatable bonds is 6. The Balaban J connectivity index is 2.07. The first-order chi connectivity index (χ1) is 13.3. The van der Waals surface area contributed by atoms with E-state index in [4.69, 9.17) is 4.74 Å². The molecule has 2 amide bonds. The van der Waals surface area contributed by atoms with Crippen molar-refractivity contribution in [3.05, 3.63) is 64.1 Å². The summed E-state index contributed by atoms with van der Waals surface area (Å²) in [5.74, 6) is 0.216. The van der Waals surface area contributed by atoms with Crippen molar-refractivity contribution in [2.75, 3.05) is 11.5 Å². The summed E-state index contributed by atoms with van der Waals surface area (Å²) in [6.45, 7) is 10.5. The molecular formula is C23H25NO3S. The molecule has 0 aromatic heterocycles. The quantitative estimate of drug-likeness (QED) is 0.636. The molecule has 5 heteroatoms. The minimum Gasteiger partial charge on any atom is -0.494 e. The van der Waals surface area contributed by atoms with E-state index < -0.39 is 0 Å². The molecule has 0 fully saturated rings. The minimum absolute atomic E-state index is 0.184. The van der Waals surface area contributed by atoms with Gasteiger partial charge in [-0.1, -0.05) is 32.0 Å². The molecule has 1 aliphatic rings. The minimum atomic E-state index is -0.276. The number of hydrogen-bond donors (Lipinski definition) is 0. The van der Waals surface area contributed by atoms with E-state index in [9.17, 15) is 9.59 Å². The molecule has 0 unspecified atom stereocenters. The summed E-state index contributed by atoms with van der Waals surface area (Å²) in [6.07, 6.45) is 0. The lowest BCUT2D eigenvalue weighted by Crippen LogP contribution is -2.31. The molecule has 0 spiro atoms. The van der Waals surface area contributed by atoms with Gasteiger partial charge in [0.05, 0.1) is 22.8 Å². The zero-order chi connectivity index (χ0) is 20.4. The maximum absolute atomic E-state index is 13.3. The van der Waals surface area contributed by atoms with Gasteiger partial charge in [-0.3, -0.25) is 9.59 Å². The number of hydrogen-bond acceptors (Lipinski definition) is 4. The molecule has 0 aliphatic carbocycles. The standard InChI is InChI=1S/C23H25NO3S/c1-6-27-19-9-7-17(8-10-19)20-21(28-14(2)3)23(26)24(22(20)25)18-12-15(4)11-16(5)13-18/h7-14H,6H2,1-5H3. The number of carbonyl (C=O) groups excluding carboxylic acids is 2. The number of benzene rings is 2. The van der Waals surface area contributed by atoms with Crippen LogP contribution in [-0.4, -0.2) is 23.7 Å². The van der Waals surface area contributed by atoms with Gasteiger partial charge in [-0.2, -0.15) is 0 Å². The smallest absolute Gasteiger partial charge is 0.272 e. The van der Waals surface area contributed by atoms with Crippen molar-refractivity contribution in [2.45, 2.75) is 39.9 Å². The van der Waals surface area contributed by atoms with Gasteiger partial charge >= 0.3 is 0 Å². The van der Waals surface area contributed by atoms with Gasteiger partial charge < -0.3 is 4.74 Å². The van der Waals surface area contributed by atoms with Crippen LogP contribution in [0.25, 0.3) is 5.57 Å². The van der Waals surface area contributed by atoms with Crippen molar-refractivity contribution in [3.63, 3.8) is 0 Å². The highest BCUT2D eigenvalue weighted by Gasteiger charge is 2.40. The SMILES string of the molecule is CCOc1ccc(C2=C(SC(C)C)C(=O)N(c3cc(C)cc(C)c3)C2=O)cc1. The van der Waals surface area contributed by atoms with Crippen LogP contribution in [0.5, 0.6) is 5.75 Å². The molecule has 0 saturated carbocycles. The molecule has 0 radical (unpaired) electrons. The van der Waals surface area contributed by atoms with Crippen molar-refractivity contribution in [2.24, 2.45) is 0 Å². The molecule has 3 rings (SSSR count). The van der Waals surface area contributed by atoms with E-state index >= 15 is 0 Å². The van der Waals surface area contributed by atoms with Crippen LogP contribution in [0.2, 0.25) is 0 Å². The monoisotopic (exact) mass is 395 g/mol. The first kappa shape index (κ1) is 20.2. The van der Waals surface area contributed by atoms with Crippen LogP contribution in [0.4, 0.5) is 5.69 Å². The number of ether oxygens (including phenoxy) is 1. The van der Waals surface area contributed by atoms with Gasteiger partial charge in [-0.25, -0.2) is 4.90 Å². The lowest BCUT2D eigenvalue weighted by atomic mass is 10.1. The highest BCUT2D eigenvalue weighted by molar-refractivity contribution is 8.04. The summed E-state index contributed by atoms with van der Waals surface area (Å²) in [4.78, 5) is 28.4. The van der Waals surface area contributed by atoms with Crippen molar-refractivity contribution in [3.8, 4) is 5.75 Å². The fraction of sp³-hybridized carbons (Fsp3) is 0.304. The van der Waals surface area contributed by atoms with Crippen LogP contribution < -0.4 is 9.64 Å². The van der Waals surface area contributed by atoms with Crippen LogP contribution >= 0.6 is 11.8 Å². The summed E-state index contributed by atoms with van der Waals surface area (Å²) in [5, 5.41) is 0.184. The summed E-state index contributed by atoms with van der Waals surface area (Å²) >= 11 is 1.43. The van der Waals surface area contributed by atoms with E-state index in [0.29, 0.717) is 22.8 Å². The average Bonchev–Trinajstić information content (AvgIpc) is 2.85. The van der Waals surface area contributed by atoms with Gasteiger partial charge in [0.15, 0.2) is 0 Å². The third-order valence-electron chi connectivity index (χ3n) is 4.31. The Hall–Kier alpha value is -2.53. The van der Waals surface area contributed by atoms with E-state index in [1.807, 2.05) is 77.1 Å². The Morgan fingerprint density at radius 2 is 1.57 bits per heavy atom. The van der Waals surface area contributed by atoms with Crippen molar-refractivity contribution < 1.29 is 14.3 Å². The van der Waals surface area contributed by atoms with Crippen LogP contribution in [0.3, 0.4) is 0 Å². The lowest BCUT2D eigenvalue weighted by Gasteiger charge is -2.17. The third-order valence-corrected chi connectivity index (χ3v) is 5.40. The fourth-order valence-corrected chi connectivity index (χ4v) is 4.29. The molecule has 2 aromatic carbocycles. The molecule has 1 heterocycles. The summed E-state index contributed by atoms with van der Waals surface area (Å²) in [7, 11) is 0. The molecule has 4 nitrogen and oxygen atoms in total. The Morgan fingerprint density at radius 1 is 0.964 bits per heavy atom. The van der Waals surface area contributed by atoms with E-state index in [1.165, 1.54) is 16.7 Å². The zero-order valence-corrected chi connectivity index (χ0v) is 17.7. The van der Waals surface area contributed by atoms with Gasteiger partial charge in [-0.05, 0) is 61.7 Å². The molecule has 146 valence electrons. The number of amides is 2. The van der Waals surface area contributed by atoms with E-state index in [2.05, 4.69) is 0 Å². The van der Waals surface area contributed by atoms with Crippen LogP contribution in [0.15, 0.2) is 47.4 Å². The molecule has 28 heavy (non-hydrogen) atoms. The number of nitrogens with zero attached hydrogens (tertiary/aromatic N) is 1. The van der Waals surface area contributed by atoms with Gasteiger partial charge in [0.2, 0.25) is 0 Å². The summed E-state index contributed by atoms with van der Waals surface area (Å²) in [6, 6.07) is 13.1. The average molecular weight is 396 g/mol. The van der Waals surface area contributed by atoms with E-state index in [0.717, 1.165) is 22.4 Å². The predicted octanol–water partition coefficient (Wildman–Crippen LogP) is 5.13. The number of aryl methyl sites for hydroxylation is 2. The van der Waals surface area contributed by atoms with Crippen LogP contribution in [0.1, 0.15) is 37.5 Å². The Bertz CT molecular complexity index is 925. The van der Waals surface area contributed by atoms with Crippen molar-refractivity contribution in [1.82, 2.24) is 0 Å². The van der Waals surface area contributed by atoms with Crippen molar-refractivity contribution in [1.29, 1.82) is 0 Å². The fourth-order valence-electron chi connectivity index (χ4n) is 3.31. The highest BCUT2D eigenvalue weighted by Crippen LogP contribution is 2.40. The van der Waals surface area contributed by atoms with Gasteiger partial charge in [0.1, 0.15) is 5.75 Å². The highest BCUT2D eigenvalue weighted by atomic mass is 32.2. The largest absolute Gasteiger partial charge is 0.494 e. The van der Waals surface area contributed by atoms with Crippen molar-refractivity contribution >= 4 is 34.8 Å². The number of carbonyl (C=O) groups is 2. The number of imide groups is 1. The first-order valence-corrected chi connectivity index (χ1v) is 10.3. The summed E-state index contributed by atoms with van der Waals surface area (Å²) in [5.41, 5.74) is 3.85. The van der Waals surface area contributed by atoms with E-state index in [-0.39, 0.29) is 17.1 Å². The Morgan fingerprint density at radius 3 is 2.11 bits per heavy atom. The summed E-state index contributed by atoms with van der Waals surface area (Å²) < 4.78 is 5.50. The molecule has 0 saturated heterocycles. The molecule has 1 aliphatic heterocycles. The topological polar surface area (TPSA) is 46.6 Å². The second-order valence-corrected chi connectivity index (χ2v) is 8.71. The predicted molar refractivity (Wildman–Crippen MR) is 116 cm³/mol. The second kappa shape index (κ2) is 8.23. The van der Waals surface area contributed by atoms with Gasteiger partial charge in [0, 0.05) is 5.25 Å². The second-order valence-electron chi connectivity index (χ2n) is 7.12. The maximum Gasteiger partial charge on any atom is 0.272 e. The maximum atomic E-state index is 13.3. The molecule has 0 atom stereocenters. The lowest BCUT2D eigenvalue weighted by molar-refractivity contribution is -0.119. The third kappa shape index (κ3) is 3.99. The van der Waals surface area contributed by atoms with E-state index in [1.54, 1.807) is 0 Å². The zero-order valence-electron chi connectivity index (χ0n) is 16.9. The molecule has 0 N–H and O–H groups in total. The Labute approximate surface area is 170 Å². The molecule has 0 bridgehead atoms. The van der Waals surface area contributed by atoms with Gasteiger partial charge in [0.25, 0.3) is 11.8 Å². The first-order valence-electron chi connectivity index (χ1n) is 9.43. The van der Waals surface area contributed by atoms with Crippen LogP contribution in [-0.2, 0) is 9.59 Å².